The first kappa shape index (κ1) is 25.2. The summed E-state index contributed by atoms with van der Waals surface area (Å²) in [4.78, 5) is 39.1. The van der Waals surface area contributed by atoms with Crippen LogP contribution in [0.15, 0.2) is 59.1 Å². The Bertz CT molecular complexity index is 1240. The van der Waals surface area contributed by atoms with E-state index in [0.29, 0.717) is 10.7 Å². The van der Waals surface area contributed by atoms with E-state index in [4.69, 9.17) is 27.9 Å². The molecule has 0 aliphatic rings. The van der Waals surface area contributed by atoms with Crippen LogP contribution in [0.4, 0.5) is 5.69 Å². The Morgan fingerprint density at radius 2 is 1.67 bits per heavy atom. The monoisotopic (exact) mass is 549 g/mol. The highest BCUT2D eigenvalue weighted by Crippen LogP contribution is 2.32. The molecule has 0 fully saturated rings. The van der Waals surface area contributed by atoms with E-state index in [0.717, 1.165) is 20.8 Å². The number of nitrogens with zero attached hydrogens (tertiary/aromatic N) is 1. The van der Waals surface area contributed by atoms with Gasteiger partial charge in [0.05, 0.1) is 23.0 Å². The molecule has 0 heterocycles. The van der Waals surface area contributed by atoms with Crippen molar-refractivity contribution in [3.8, 4) is 0 Å². The van der Waals surface area contributed by atoms with Crippen LogP contribution in [0, 0.1) is 0 Å². The van der Waals surface area contributed by atoms with Crippen molar-refractivity contribution in [1.82, 2.24) is 0 Å². The number of carbonyl (C=O) groups excluding carboxylic acids is 3. The Hall–Kier alpha value is -2.41. The predicted molar refractivity (Wildman–Crippen MR) is 135 cm³/mol. The topological polar surface area (TPSA) is 63.7 Å². The highest BCUT2D eigenvalue weighted by molar-refractivity contribution is 9.10. The van der Waals surface area contributed by atoms with Crippen LogP contribution in [0.5, 0.6) is 0 Å². The molecule has 0 radical (unpaired) electrons. The number of fused-ring (bicyclic) bond motifs is 1. The fraction of sp³-hybridized carbons (Fsp3) is 0.240. The SMILES string of the molecule is CC(C)(C)OC(=O)C(=O)CC(=O)N(Cc1ccc2ccccc2c1Br)c1ccc(Cl)c(Cl)c1. The van der Waals surface area contributed by atoms with Gasteiger partial charge in [-0.1, -0.05) is 59.6 Å². The van der Waals surface area contributed by atoms with E-state index < -0.39 is 29.7 Å². The highest BCUT2D eigenvalue weighted by atomic mass is 79.9. The minimum absolute atomic E-state index is 0.143. The van der Waals surface area contributed by atoms with E-state index in [1.165, 1.54) is 4.90 Å². The van der Waals surface area contributed by atoms with Gasteiger partial charge in [0.2, 0.25) is 11.7 Å². The molecule has 0 aliphatic heterocycles. The van der Waals surface area contributed by atoms with Crippen LogP contribution in [0.2, 0.25) is 10.0 Å². The molecule has 0 unspecified atom stereocenters. The van der Waals surface area contributed by atoms with Gasteiger partial charge in [-0.15, -0.1) is 0 Å². The van der Waals surface area contributed by atoms with Crippen molar-refractivity contribution in [2.45, 2.75) is 39.3 Å². The number of ether oxygens (including phenoxy) is 1. The van der Waals surface area contributed by atoms with Crippen molar-refractivity contribution in [2.24, 2.45) is 0 Å². The van der Waals surface area contributed by atoms with Gasteiger partial charge in [-0.3, -0.25) is 9.59 Å². The third-order valence-corrected chi connectivity index (χ3v) is 6.40. The van der Waals surface area contributed by atoms with Crippen molar-refractivity contribution in [1.29, 1.82) is 0 Å². The van der Waals surface area contributed by atoms with Gasteiger partial charge in [0, 0.05) is 10.2 Å². The van der Waals surface area contributed by atoms with Crippen LogP contribution in [-0.4, -0.2) is 23.3 Å². The summed E-state index contributed by atoms with van der Waals surface area (Å²) < 4.78 is 5.93. The minimum atomic E-state index is -1.04. The quantitative estimate of drug-likeness (QED) is 0.193. The number of carbonyl (C=O) groups is 3. The van der Waals surface area contributed by atoms with Gasteiger partial charge in [-0.05, 0) is 71.2 Å². The molecule has 0 saturated carbocycles. The van der Waals surface area contributed by atoms with Crippen molar-refractivity contribution in [2.75, 3.05) is 4.90 Å². The van der Waals surface area contributed by atoms with E-state index in [2.05, 4.69) is 15.9 Å². The largest absolute Gasteiger partial charge is 0.454 e. The molecule has 0 bridgehead atoms. The van der Waals surface area contributed by atoms with Crippen molar-refractivity contribution in [3.05, 3.63) is 74.7 Å². The molecule has 0 aliphatic carbocycles. The van der Waals surface area contributed by atoms with Crippen LogP contribution in [-0.2, 0) is 25.7 Å². The summed E-state index contributed by atoms with van der Waals surface area (Å²) in [5, 5.41) is 2.63. The van der Waals surface area contributed by atoms with E-state index >= 15 is 0 Å². The first-order valence-corrected chi connectivity index (χ1v) is 11.7. The fourth-order valence-corrected chi connectivity index (χ4v) is 4.10. The van der Waals surface area contributed by atoms with Crippen molar-refractivity contribution < 1.29 is 19.1 Å². The molecule has 0 atom stereocenters. The summed E-state index contributed by atoms with van der Waals surface area (Å²) in [6.45, 7) is 5.10. The molecule has 3 aromatic carbocycles. The van der Waals surface area contributed by atoms with E-state index in [1.807, 2.05) is 36.4 Å². The van der Waals surface area contributed by atoms with Crippen LogP contribution in [0.1, 0.15) is 32.8 Å². The number of hydrogen-bond acceptors (Lipinski definition) is 4. The lowest BCUT2D eigenvalue weighted by Crippen LogP contribution is -2.36. The van der Waals surface area contributed by atoms with Gasteiger partial charge in [0.1, 0.15) is 5.60 Å². The lowest BCUT2D eigenvalue weighted by molar-refractivity contribution is -0.163. The number of amides is 1. The summed E-state index contributed by atoms with van der Waals surface area (Å²) in [7, 11) is 0. The lowest BCUT2D eigenvalue weighted by atomic mass is 10.1. The number of halogens is 3. The van der Waals surface area contributed by atoms with Gasteiger partial charge in [0.15, 0.2) is 0 Å². The Morgan fingerprint density at radius 3 is 2.33 bits per heavy atom. The maximum Gasteiger partial charge on any atom is 0.375 e. The number of benzene rings is 3. The Balaban J connectivity index is 1.94. The number of anilines is 1. The molecule has 1 amide bonds. The maximum atomic E-state index is 13.2. The molecule has 172 valence electrons. The molecular formula is C25H22BrCl2NO4. The third kappa shape index (κ3) is 6.34. The van der Waals surface area contributed by atoms with Crippen molar-refractivity contribution in [3.63, 3.8) is 0 Å². The van der Waals surface area contributed by atoms with Gasteiger partial charge >= 0.3 is 5.97 Å². The maximum absolute atomic E-state index is 13.2. The molecule has 0 aromatic heterocycles. The van der Waals surface area contributed by atoms with Gasteiger partial charge in [-0.2, -0.15) is 0 Å². The second kappa shape index (κ2) is 10.2. The zero-order valence-corrected chi connectivity index (χ0v) is 21.4. The molecule has 0 spiro atoms. The molecule has 0 N–H and O–H groups in total. The van der Waals surface area contributed by atoms with Crippen molar-refractivity contribution >= 4 is 73.3 Å². The smallest absolute Gasteiger partial charge is 0.375 e. The van der Waals surface area contributed by atoms with Crippen LogP contribution >= 0.6 is 39.1 Å². The number of rotatable bonds is 6. The molecule has 8 heteroatoms. The van der Waals surface area contributed by atoms with E-state index in [9.17, 15) is 14.4 Å². The molecule has 5 nitrogen and oxygen atoms in total. The molecule has 0 saturated heterocycles. The van der Waals surface area contributed by atoms with Gasteiger partial charge < -0.3 is 9.64 Å². The zero-order chi connectivity index (χ0) is 24.3. The first-order valence-electron chi connectivity index (χ1n) is 10.1. The number of hydrogen-bond donors (Lipinski definition) is 0. The van der Waals surface area contributed by atoms with Crippen LogP contribution in [0.25, 0.3) is 10.8 Å². The minimum Gasteiger partial charge on any atom is -0.454 e. The summed E-state index contributed by atoms with van der Waals surface area (Å²) in [6.07, 6.45) is -0.639. The molecule has 33 heavy (non-hydrogen) atoms. The summed E-state index contributed by atoms with van der Waals surface area (Å²) in [6, 6.07) is 16.5. The highest BCUT2D eigenvalue weighted by Gasteiger charge is 2.28. The van der Waals surface area contributed by atoms with Gasteiger partial charge in [0.25, 0.3) is 0 Å². The Kier molecular flexibility index (Phi) is 7.83. The second-order valence-electron chi connectivity index (χ2n) is 8.44. The predicted octanol–water partition coefficient (Wildman–Crippen LogP) is 6.74. The molecular weight excluding hydrogens is 529 g/mol. The first-order chi connectivity index (χ1) is 15.5. The second-order valence-corrected chi connectivity index (χ2v) is 10.0. The number of ketones is 1. The van der Waals surface area contributed by atoms with Gasteiger partial charge in [-0.25, -0.2) is 4.79 Å². The number of esters is 1. The molecule has 3 rings (SSSR count). The Morgan fingerprint density at radius 1 is 0.970 bits per heavy atom. The lowest BCUT2D eigenvalue weighted by Gasteiger charge is -2.24. The zero-order valence-electron chi connectivity index (χ0n) is 18.3. The molecule has 3 aromatic rings. The summed E-state index contributed by atoms with van der Waals surface area (Å²) in [5.74, 6) is -2.53. The Labute approximate surface area is 210 Å². The van der Waals surface area contributed by atoms with Crippen LogP contribution in [0.3, 0.4) is 0 Å². The fourth-order valence-electron chi connectivity index (χ4n) is 3.19. The number of Topliss-reactive ketones (excluding diaryl/α,β-unsaturated/α-hetero) is 1. The average molecular weight is 551 g/mol. The third-order valence-electron chi connectivity index (χ3n) is 4.73. The average Bonchev–Trinajstić information content (AvgIpc) is 2.74. The summed E-state index contributed by atoms with van der Waals surface area (Å²) >= 11 is 15.9. The van der Waals surface area contributed by atoms with E-state index in [-0.39, 0.29) is 11.6 Å². The van der Waals surface area contributed by atoms with Crippen LogP contribution < -0.4 is 4.90 Å². The van der Waals surface area contributed by atoms with E-state index in [1.54, 1.807) is 39.0 Å². The standard InChI is InChI=1S/C25H22BrCl2NO4/c1-25(2,3)33-24(32)21(30)13-22(31)29(17-10-11-19(27)20(28)12-17)14-16-9-8-15-6-4-5-7-18(15)23(16)26/h4-12H,13-14H2,1-3H3. The normalized spacial score (nSPS) is 11.3. The summed E-state index contributed by atoms with van der Waals surface area (Å²) in [5.41, 5.74) is 0.430.